The molecule has 4 aliphatic heterocycles. The number of nitrogens with two attached hydrogens (primary N) is 2. The van der Waals surface area contributed by atoms with E-state index in [1.807, 2.05) is 99.4 Å². The second kappa shape index (κ2) is 18.0. The molecule has 14 nitrogen and oxygen atoms in total. The van der Waals surface area contributed by atoms with Gasteiger partial charge in [-0.3, -0.25) is 19.0 Å². The molecule has 0 aliphatic carbocycles. The fraction of sp³-hybridized carbons (Fsp3) is 0.276. The van der Waals surface area contributed by atoms with E-state index >= 15 is 0 Å². The van der Waals surface area contributed by atoms with Gasteiger partial charge in [0.2, 0.25) is 0 Å². The normalized spacial score (nSPS) is 17.2. The van der Waals surface area contributed by atoms with E-state index in [0.29, 0.717) is 35.9 Å². The number of hydrogen-bond donors (Lipinski definition) is 4. The zero-order chi connectivity index (χ0) is 50.3. The molecule has 6 N–H and O–H groups in total. The maximum atomic E-state index is 13.0. The highest BCUT2D eigenvalue weighted by Crippen LogP contribution is 2.55. The van der Waals surface area contributed by atoms with Crippen LogP contribution in [0.5, 0.6) is 0 Å². The minimum atomic E-state index is -0.154. The standard InChI is InChI=1S/2C29H29N5O2/c1-15-9-26(30)32-18(4)25(15)13-31-29(35)20-6-8-22-24(12-20)28-21-7-5-19(11-23(21)27(22)36-28)14-34-17(3)10-16(2)33-34;1-15-9-26(30)32-18(4)25(15)13-31-29(35)20-6-8-22-24(12-20)28-23-11-19(5-7-21(23)27(22)36-28)14-34-17(3)10-16(2)33-34/h2*5-12,27-28H,13-14H2,1-4H3,(H2,30,32)(H,31,35). The van der Waals surface area contributed by atoms with E-state index in [4.69, 9.17) is 20.9 Å². The van der Waals surface area contributed by atoms with E-state index in [1.165, 1.54) is 33.4 Å². The highest BCUT2D eigenvalue weighted by Gasteiger charge is 2.44. The molecule has 4 unspecified atom stereocenters. The Morgan fingerprint density at radius 2 is 0.847 bits per heavy atom. The Morgan fingerprint density at radius 1 is 0.486 bits per heavy atom. The van der Waals surface area contributed by atoms with Crippen molar-refractivity contribution in [1.29, 1.82) is 0 Å². The van der Waals surface area contributed by atoms with Crippen LogP contribution in [-0.4, -0.2) is 41.3 Å². The first-order valence-electron chi connectivity index (χ1n) is 24.4. The molecule has 2 amide bonds. The lowest BCUT2D eigenvalue weighted by Gasteiger charge is -2.18. The largest absolute Gasteiger partial charge is 0.384 e. The molecular weight excluding hydrogens is 901 g/mol. The summed E-state index contributed by atoms with van der Waals surface area (Å²) in [6, 6.07) is 32.8. The third-order valence-corrected chi connectivity index (χ3v) is 14.7. The summed E-state index contributed by atoms with van der Waals surface area (Å²) in [5, 5.41) is 15.3. The number of nitrogens with zero attached hydrogens (tertiary/aromatic N) is 6. The molecule has 4 aromatic heterocycles. The molecule has 4 aliphatic rings. The molecule has 4 bridgehead atoms. The van der Waals surface area contributed by atoms with Gasteiger partial charge in [-0.2, -0.15) is 10.2 Å². The zero-order valence-electron chi connectivity index (χ0n) is 41.8. The molecule has 12 rings (SSSR count). The predicted octanol–water partition coefficient (Wildman–Crippen LogP) is 9.19. The fourth-order valence-electron chi connectivity index (χ4n) is 11.1. The summed E-state index contributed by atoms with van der Waals surface area (Å²) in [5.41, 5.74) is 34.6. The Kier molecular flexibility index (Phi) is 11.6. The van der Waals surface area contributed by atoms with Gasteiger partial charge < -0.3 is 31.6 Å². The Morgan fingerprint density at radius 3 is 1.22 bits per heavy atom. The van der Waals surface area contributed by atoms with Gasteiger partial charge in [0.1, 0.15) is 36.1 Å². The molecule has 8 heterocycles. The molecule has 364 valence electrons. The Bertz CT molecular complexity index is 3490. The van der Waals surface area contributed by atoms with Gasteiger partial charge >= 0.3 is 0 Å². The van der Waals surface area contributed by atoms with Gasteiger partial charge in [-0.1, -0.05) is 48.5 Å². The lowest BCUT2D eigenvalue weighted by molar-refractivity contribution is 0.0855. The predicted molar refractivity (Wildman–Crippen MR) is 276 cm³/mol. The second-order valence-corrected chi connectivity index (χ2v) is 19.8. The van der Waals surface area contributed by atoms with Crippen molar-refractivity contribution in [1.82, 2.24) is 40.2 Å². The minimum Gasteiger partial charge on any atom is -0.384 e. The third kappa shape index (κ3) is 8.39. The van der Waals surface area contributed by atoms with Crippen molar-refractivity contribution in [3.63, 3.8) is 0 Å². The SMILES string of the molecule is Cc1cc(C)n(Cc2ccc3c(c2)C2OC3c3cc(C(=O)NCc4c(C)cc(N)nc4C)ccc32)n1.Cc1cc(C)n(Cc2ccc3c(c2)C2OC3c3ccc(C(=O)NCc4c(C)cc(N)nc4C)cc32)n1. The molecule has 14 heteroatoms. The second-order valence-electron chi connectivity index (χ2n) is 19.8. The number of anilines is 2. The molecule has 0 saturated heterocycles. The van der Waals surface area contributed by atoms with Crippen molar-refractivity contribution < 1.29 is 19.1 Å². The Balaban J connectivity index is 0.000000156. The molecule has 4 atom stereocenters. The molecule has 72 heavy (non-hydrogen) atoms. The summed E-state index contributed by atoms with van der Waals surface area (Å²) >= 11 is 0. The monoisotopic (exact) mass is 958 g/mol. The number of pyridine rings is 2. The Hall–Kier alpha value is -7.94. The van der Waals surface area contributed by atoms with E-state index in [0.717, 1.165) is 91.8 Å². The van der Waals surface area contributed by atoms with Crippen LogP contribution in [0.2, 0.25) is 0 Å². The van der Waals surface area contributed by atoms with Gasteiger partial charge in [-0.05, 0) is 182 Å². The first-order valence-corrected chi connectivity index (χ1v) is 24.4. The summed E-state index contributed by atoms with van der Waals surface area (Å²) in [5.74, 6) is 0.756. The summed E-state index contributed by atoms with van der Waals surface area (Å²) in [4.78, 5) is 34.7. The molecule has 0 radical (unpaired) electrons. The van der Waals surface area contributed by atoms with Crippen LogP contribution in [0.25, 0.3) is 0 Å². The summed E-state index contributed by atoms with van der Waals surface area (Å²) in [7, 11) is 0. The van der Waals surface area contributed by atoms with E-state index in [2.05, 4.69) is 93.2 Å². The van der Waals surface area contributed by atoms with E-state index in [1.54, 1.807) is 0 Å². The summed E-state index contributed by atoms with van der Waals surface area (Å²) < 4.78 is 16.8. The fourth-order valence-corrected chi connectivity index (χ4v) is 11.1. The summed E-state index contributed by atoms with van der Waals surface area (Å²) in [6.45, 7) is 18.2. The lowest BCUT2D eigenvalue weighted by Crippen LogP contribution is -2.24. The molecule has 0 spiro atoms. The Labute approximate surface area is 418 Å². The van der Waals surface area contributed by atoms with Crippen LogP contribution < -0.4 is 22.1 Å². The van der Waals surface area contributed by atoms with Crippen molar-refractivity contribution in [3.05, 3.63) is 220 Å². The van der Waals surface area contributed by atoms with Crippen LogP contribution in [-0.2, 0) is 35.7 Å². The van der Waals surface area contributed by atoms with Crippen LogP contribution in [0.1, 0.15) is 157 Å². The molecule has 0 saturated carbocycles. The number of aromatic nitrogens is 6. The quantitative estimate of drug-likeness (QED) is 0.103. The van der Waals surface area contributed by atoms with E-state index in [9.17, 15) is 9.59 Å². The topological polar surface area (TPSA) is 190 Å². The van der Waals surface area contributed by atoms with Crippen molar-refractivity contribution in [2.24, 2.45) is 0 Å². The highest BCUT2D eigenvalue weighted by atomic mass is 16.5. The van der Waals surface area contributed by atoms with Gasteiger partial charge in [0.15, 0.2) is 0 Å². The van der Waals surface area contributed by atoms with Crippen LogP contribution in [0, 0.1) is 55.4 Å². The number of ether oxygens (including phenoxy) is 2. The van der Waals surface area contributed by atoms with Crippen LogP contribution in [0.3, 0.4) is 0 Å². The lowest BCUT2D eigenvalue weighted by atomic mass is 9.84. The number of amides is 2. The number of nitrogens with one attached hydrogen (secondary N) is 2. The molecule has 8 aromatic rings. The first-order chi connectivity index (χ1) is 34.6. The van der Waals surface area contributed by atoms with Gasteiger partial charge in [0.05, 0.1) is 24.5 Å². The number of benzene rings is 4. The maximum Gasteiger partial charge on any atom is 0.251 e. The number of carbonyl (C=O) groups excluding carboxylic acids is 2. The van der Waals surface area contributed by atoms with Crippen molar-refractivity contribution in [2.75, 3.05) is 11.5 Å². The van der Waals surface area contributed by atoms with Crippen molar-refractivity contribution in [3.8, 4) is 0 Å². The van der Waals surface area contributed by atoms with Crippen LogP contribution >= 0.6 is 0 Å². The average Bonchev–Trinajstić information content (AvgIpc) is 4.20. The molecule has 0 fully saturated rings. The van der Waals surface area contributed by atoms with Gasteiger partial charge in [0, 0.05) is 47.0 Å². The molecule has 4 aromatic carbocycles. The van der Waals surface area contributed by atoms with E-state index < -0.39 is 0 Å². The van der Waals surface area contributed by atoms with Crippen LogP contribution in [0.4, 0.5) is 11.6 Å². The van der Waals surface area contributed by atoms with Gasteiger partial charge in [-0.25, -0.2) is 9.97 Å². The summed E-state index contributed by atoms with van der Waals surface area (Å²) in [6.07, 6.45) is -0.463. The van der Waals surface area contributed by atoms with Crippen molar-refractivity contribution >= 4 is 23.5 Å². The highest BCUT2D eigenvalue weighted by molar-refractivity contribution is 5.95. The van der Waals surface area contributed by atoms with Crippen LogP contribution in [0.15, 0.2) is 97.1 Å². The average molecular weight is 959 g/mol. The van der Waals surface area contributed by atoms with Gasteiger partial charge in [0.25, 0.3) is 11.8 Å². The number of rotatable bonds is 10. The number of nitrogen functional groups attached to an aromatic ring is 2. The van der Waals surface area contributed by atoms with Crippen molar-refractivity contribution in [2.45, 2.75) is 106 Å². The molecular formula is C58H58N10O4. The number of aryl methyl sites for hydroxylation is 8. The third-order valence-electron chi connectivity index (χ3n) is 14.7. The van der Waals surface area contributed by atoms with Gasteiger partial charge in [-0.15, -0.1) is 0 Å². The number of fused-ring (bicyclic) bond motifs is 16. The first kappa shape index (κ1) is 46.4. The zero-order valence-corrected chi connectivity index (χ0v) is 41.8. The maximum absolute atomic E-state index is 13.0. The number of hydrogen-bond acceptors (Lipinski definition) is 10. The minimum absolute atomic E-state index is 0.0778. The number of carbonyl (C=O) groups is 2. The van der Waals surface area contributed by atoms with E-state index in [-0.39, 0.29) is 36.2 Å². The smallest absolute Gasteiger partial charge is 0.251 e.